The Morgan fingerprint density at radius 1 is 1.11 bits per heavy atom. The zero-order valence-corrected chi connectivity index (χ0v) is 16.3. The van der Waals surface area contributed by atoms with Crippen LogP contribution >= 0.6 is 0 Å². The highest BCUT2D eigenvalue weighted by Gasteiger charge is 2.21. The van der Waals surface area contributed by atoms with Gasteiger partial charge in [0.2, 0.25) is 0 Å². The molecule has 5 rings (SSSR count). The summed E-state index contributed by atoms with van der Waals surface area (Å²) in [6, 6.07) is 13.2. The summed E-state index contributed by atoms with van der Waals surface area (Å²) in [7, 11) is 0. The Morgan fingerprint density at radius 2 is 2.04 bits per heavy atom. The van der Waals surface area contributed by atoms with Gasteiger partial charge in [-0.05, 0) is 36.9 Å². The van der Waals surface area contributed by atoms with Gasteiger partial charge in [0.15, 0.2) is 5.82 Å². The average Bonchev–Trinajstić information content (AvgIpc) is 3.39. The molecule has 0 aliphatic carbocycles. The van der Waals surface area contributed by atoms with E-state index in [4.69, 9.17) is 5.10 Å². The van der Waals surface area contributed by atoms with Crippen LogP contribution in [0.3, 0.4) is 0 Å². The lowest BCUT2D eigenvalue weighted by Gasteiger charge is -2.33. The molecule has 146 valence electrons. The largest absolute Gasteiger partial charge is 0.328 e. The van der Waals surface area contributed by atoms with Crippen molar-refractivity contribution in [2.45, 2.75) is 38.4 Å². The van der Waals surface area contributed by atoms with E-state index in [9.17, 15) is 0 Å². The molecule has 3 aromatic rings. The molecule has 0 saturated carbocycles. The van der Waals surface area contributed by atoms with E-state index in [1.165, 1.54) is 30.6 Å². The van der Waals surface area contributed by atoms with Crippen LogP contribution in [0.4, 0.5) is 0 Å². The lowest BCUT2D eigenvalue weighted by atomic mass is 9.91. The molecule has 2 aliphatic rings. The molecule has 0 amide bonds. The number of hydrogen-bond donors (Lipinski definition) is 1. The first-order valence-corrected chi connectivity index (χ1v) is 10.4. The van der Waals surface area contributed by atoms with E-state index in [0.717, 1.165) is 50.8 Å². The third-order valence-electron chi connectivity index (χ3n) is 6.05. The molecule has 0 spiro atoms. The Morgan fingerprint density at radius 3 is 2.93 bits per heavy atom. The Labute approximate surface area is 166 Å². The maximum atomic E-state index is 4.78. The Bertz CT molecular complexity index is 889. The fourth-order valence-corrected chi connectivity index (χ4v) is 4.53. The molecular formula is C22H28N6. The zero-order chi connectivity index (χ0) is 18.8. The van der Waals surface area contributed by atoms with E-state index < -0.39 is 0 Å². The third kappa shape index (κ3) is 3.62. The van der Waals surface area contributed by atoms with Crippen LogP contribution in [0.1, 0.15) is 30.0 Å². The van der Waals surface area contributed by atoms with Gasteiger partial charge in [0.1, 0.15) is 5.69 Å². The molecule has 6 heteroatoms. The van der Waals surface area contributed by atoms with Gasteiger partial charge in [-0.1, -0.05) is 30.3 Å². The fraction of sp³-hybridized carbons (Fsp3) is 0.455. The van der Waals surface area contributed by atoms with Crippen molar-refractivity contribution in [3.63, 3.8) is 0 Å². The van der Waals surface area contributed by atoms with Crippen LogP contribution in [0.25, 0.3) is 11.5 Å². The van der Waals surface area contributed by atoms with Gasteiger partial charge in [-0.25, -0.2) is 4.98 Å². The lowest BCUT2D eigenvalue weighted by Crippen LogP contribution is -2.36. The molecule has 1 fully saturated rings. The van der Waals surface area contributed by atoms with E-state index in [1.54, 1.807) is 0 Å². The second kappa shape index (κ2) is 7.89. The van der Waals surface area contributed by atoms with Crippen molar-refractivity contribution in [2.24, 2.45) is 0 Å². The summed E-state index contributed by atoms with van der Waals surface area (Å²) in [5.74, 6) is 1.64. The van der Waals surface area contributed by atoms with Gasteiger partial charge < -0.3 is 14.8 Å². The molecule has 6 nitrogen and oxygen atoms in total. The first-order chi connectivity index (χ1) is 13.9. The Kier molecular flexibility index (Phi) is 4.97. The number of nitrogens with one attached hydrogen (secondary N) is 1. The summed E-state index contributed by atoms with van der Waals surface area (Å²) in [5, 5.41) is 8.19. The van der Waals surface area contributed by atoms with Crippen LogP contribution in [-0.2, 0) is 19.6 Å². The number of fused-ring (bicyclic) bond motifs is 1. The molecule has 1 saturated heterocycles. The molecule has 4 heterocycles. The molecule has 28 heavy (non-hydrogen) atoms. The van der Waals surface area contributed by atoms with Crippen LogP contribution in [0.15, 0.2) is 48.8 Å². The first-order valence-electron chi connectivity index (χ1n) is 10.4. The Balaban J connectivity index is 1.25. The number of aromatic nitrogens is 4. The molecule has 2 aromatic heterocycles. The van der Waals surface area contributed by atoms with Crippen LogP contribution in [0.2, 0.25) is 0 Å². The van der Waals surface area contributed by atoms with Crippen molar-refractivity contribution in [2.75, 3.05) is 26.2 Å². The number of likely N-dealkylation sites (tertiary alicyclic amines) is 1. The predicted octanol–water partition coefficient (Wildman–Crippen LogP) is 2.73. The number of benzene rings is 1. The van der Waals surface area contributed by atoms with E-state index >= 15 is 0 Å². The summed E-state index contributed by atoms with van der Waals surface area (Å²) in [6.45, 7) is 7.17. The van der Waals surface area contributed by atoms with Crippen LogP contribution in [0.5, 0.6) is 0 Å². The van der Waals surface area contributed by atoms with Crippen molar-refractivity contribution >= 4 is 0 Å². The quantitative estimate of drug-likeness (QED) is 0.744. The molecule has 1 atom stereocenters. The average molecular weight is 377 g/mol. The first kappa shape index (κ1) is 17.6. The summed E-state index contributed by atoms with van der Waals surface area (Å²) >= 11 is 0. The SMILES string of the molecule is c1ccc([C@@H]2CCCN(CCn3ccnc3-c3cc4n(n3)CCNC4)C2)cc1. The predicted molar refractivity (Wildman–Crippen MR) is 110 cm³/mol. The number of rotatable bonds is 5. The molecule has 0 radical (unpaired) electrons. The minimum Gasteiger partial charge on any atom is -0.328 e. The molecule has 1 aromatic carbocycles. The number of nitrogens with zero attached hydrogens (tertiary/aromatic N) is 5. The second-order valence-corrected chi connectivity index (χ2v) is 7.92. The van der Waals surface area contributed by atoms with Crippen LogP contribution in [0, 0.1) is 0 Å². The van der Waals surface area contributed by atoms with Crippen LogP contribution in [-0.4, -0.2) is 50.4 Å². The summed E-state index contributed by atoms with van der Waals surface area (Å²) in [4.78, 5) is 7.21. The van der Waals surface area contributed by atoms with Crippen molar-refractivity contribution in [3.8, 4) is 11.5 Å². The summed E-state index contributed by atoms with van der Waals surface area (Å²) in [6.07, 6.45) is 6.56. The maximum Gasteiger partial charge on any atom is 0.160 e. The number of imidazole rings is 1. The van der Waals surface area contributed by atoms with Gasteiger partial charge in [-0.3, -0.25) is 4.68 Å². The lowest BCUT2D eigenvalue weighted by molar-refractivity contribution is 0.201. The summed E-state index contributed by atoms with van der Waals surface area (Å²) < 4.78 is 4.37. The van der Waals surface area contributed by atoms with Crippen LogP contribution < -0.4 is 5.32 Å². The molecular weight excluding hydrogens is 348 g/mol. The summed E-state index contributed by atoms with van der Waals surface area (Å²) in [5.41, 5.74) is 3.72. The van der Waals surface area contributed by atoms with E-state index in [0.29, 0.717) is 5.92 Å². The van der Waals surface area contributed by atoms with E-state index in [2.05, 4.69) is 67.0 Å². The minimum atomic E-state index is 0.657. The van der Waals surface area contributed by atoms with Gasteiger partial charge in [-0.15, -0.1) is 0 Å². The van der Waals surface area contributed by atoms with Crippen molar-refractivity contribution in [1.82, 2.24) is 29.5 Å². The fourth-order valence-electron chi connectivity index (χ4n) is 4.53. The molecule has 0 bridgehead atoms. The van der Waals surface area contributed by atoms with Crippen molar-refractivity contribution in [1.29, 1.82) is 0 Å². The minimum absolute atomic E-state index is 0.657. The maximum absolute atomic E-state index is 4.78. The second-order valence-electron chi connectivity index (χ2n) is 7.92. The third-order valence-corrected chi connectivity index (χ3v) is 6.05. The highest BCUT2D eigenvalue weighted by atomic mass is 15.3. The standard InChI is InChI=1S/C22H28N6/c1-2-5-18(6-3-1)19-7-4-10-26(17-19)13-14-27-11-9-24-22(27)21-15-20-16-23-8-12-28(20)25-21/h1-3,5-6,9,11,15,19,23H,4,7-8,10,12-14,16-17H2/t19-/m1/s1. The van der Waals surface area contributed by atoms with E-state index in [1.807, 2.05) is 6.20 Å². The van der Waals surface area contributed by atoms with E-state index in [-0.39, 0.29) is 0 Å². The smallest absolute Gasteiger partial charge is 0.160 e. The normalized spacial score (nSPS) is 20.2. The molecule has 2 aliphatic heterocycles. The van der Waals surface area contributed by atoms with Gasteiger partial charge in [-0.2, -0.15) is 5.10 Å². The molecule has 1 N–H and O–H groups in total. The number of hydrogen-bond acceptors (Lipinski definition) is 4. The van der Waals surface area contributed by atoms with Crippen molar-refractivity contribution in [3.05, 3.63) is 60.0 Å². The monoisotopic (exact) mass is 376 g/mol. The van der Waals surface area contributed by atoms with Gasteiger partial charge in [0, 0.05) is 45.1 Å². The van der Waals surface area contributed by atoms with Crippen molar-refractivity contribution < 1.29 is 0 Å². The highest BCUT2D eigenvalue weighted by Crippen LogP contribution is 2.27. The topological polar surface area (TPSA) is 50.9 Å². The highest BCUT2D eigenvalue weighted by molar-refractivity contribution is 5.50. The Hall–Kier alpha value is -2.44. The molecule has 0 unspecified atom stereocenters. The van der Waals surface area contributed by atoms with Gasteiger partial charge in [0.05, 0.1) is 12.2 Å². The zero-order valence-electron chi connectivity index (χ0n) is 16.3. The number of piperidine rings is 1. The van der Waals surface area contributed by atoms with Gasteiger partial charge >= 0.3 is 0 Å². The van der Waals surface area contributed by atoms with Gasteiger partial charge in [0.25, 0.3) is 0 Å².